The van der Waals surface area contributed by atoms with Gasteiger partial charge in [-0.25, -0.2) is 5.10 Å². The summed E-state index contributed by atoms with van der Waals surface area (Å²) in [5.74, 6) is 0.232. The lowest BCUT2D eigenvalue weighted by Crippen LogP contribution is -2.27. The molecule has 0 bridgehead atoms. The Kier molecular flexibility index (Phi) is 4.87. The van der Waals surface area contributed by atoms with E-state index in [1.165, 1.54) is 23.3 Å². The predicted molar refractivity (Wildman–Crippen MR) is 81.4 cm³/mol. The maximum atomic E-state index is 11.8. The molecule has 0 aliphatic heterocycles. The van der Waals surface area contributed by atoms with E-state index in [2.05, 4.69) is 53.6 Å². The molecule has 0 radical (unpaired) electrons. The largest absolute Gasteiger partial charge is 0.350 e. The molecule has 1 aromatic carbocycles. The Morgan fingerprint density at radius 1 is 1.19 bits per heavy atom. The lowest BCUT2D eigenvalue weighted by molar-refractivity contribution is 0.0948. The van der Waals surface area contributed by atoms with Crippen molar-refractivity contribution in [2.45, 2.75) is 26.2 Å². The van der Waals surface area contributed by atoms with E-state index in [1.54, 1.807) is 0 Å². The van der Waals surface area contributed by atoms with Gasteiger partial charge in [-0.2, -0.15) is 5.10 Å². The highest BCUT2D eigenvalue weighted by molar-refractivity contribution is 5.91. The fourth-order valence-electron chi connectivity index (χ4n) is 1.95. The molecule has 1 amide bonds. The first-order valence-corrected chi connectivity index (χ1v) is 6.99. The molecule has 2 rings (SSSR count). The van der Waals surface area contributed by atoms with E-state index >= 15 is 0 Å². The number of hydrogen-bond acceptors (Lipinski definition) is 3. The number of carbonyl (C=O) groups excluding carboxylic acids is 1. The predicted octanol–water partition coefficient (Wildman–Crippen LogP) is 1.87. The summed E-state index contributed by atoms with van der Waals surface area (Å²) in [6.45, 7) is 4.85. The van der Waals surface area contributed by atoms with Crippen molar-refractivity contribution in [2.75, 3.05) is 6.54 Å². The van der Waals surface area contributed by atoms with E-state index in [4.69, 9.17) is 0 Å². The SMILES string of the molecule is CC(C)c1ccc(CCNC(=O)c2ccc(=O)[nH]n2)cc1. The number of H-pyrrole nitrogens is 1. The van der Waals surface area contributed by atoms with Crippen LogP contribution in [0.3, 0.4) is 0 Å². The minimum atomic E-state index is -0.322. The van der Waals surface area contributed by atoms with Gasteiger partial charge in [-0.15, -0.1) is 0 Å². The van der Waals surface area contributed by atoms with Crippen LogP contribution in [0.15, 0.2) is 41.2 Å². The highest BCUT2D eigenvalue weighted by Crippen LogP contribution is 2.14. The Hall–Kier alpha value is -2.43. The summed E-state index contributed by atoms with van der Waals surface area (Å²) in [6.07, 6.45) is 0.757. The van der Waals surface area contributed by atoms with E-state index in [0.29, 0.717) is 12.5 Å². The van der Waals surface area contributed by atoms with Crippen LogP contribution in [0.5, 0.6) is 0 Å². The van der Waals surface area contributed by atoms with Crippen LogP contribution >= 0.6 is 0 Å². The Morgan fingerprint density at radius 2 is 1.90 bits per heavy atom. The van der Waals surface area contributed by atoms with Gasteiger partial charge in [0.1, 0.15) is 5.69 Å². The fraction of sp³-hybridized carbons (Fsp3) is 0.312. The molecule has 0 aliphatic carbocycles. The molecule has 0 saturated carbocycles. The Balaban J connectivity index is 1.85. The molecule has 2 N–H and O–H groups in total. The number of rotatable bonds is 5. The lowest BCUT2D eigenvalue weighted by Gasteiger charge is -2.07. The van der Waals surface area contributed by atoms with Gasteiger partial charge in [-0.1, -0.05) is 38.1 Å². The summed E-state index contributed by atoms with van der Waals surface area (Å²) in [6, 6.07) is 11.1. The minimum Gasteiger partial charge on any atom is -0.350 e. The molecular weight excluding hydrogens is 266 g/mol. The number of aromatic amines is 1. The molecule has 1 heterocycles. The fourth-order valence-corrected chi connectivity index (χ4v) is 1.95. The number of nitrogens with zero attached hydrogens (tertiary/aromatic N) is 1. The van der Waals surface area contributed by atoms with Crippen molar-refractivity contribution in [1.82, 2.24) is 15.5 Å². The lowest BCUT2D eigenvalue weighted by atomic mass is 10.0. The minimum absolute atomic E-state index is 0.213. The van der Waals surface area contributed by atoms with Crippen LogP contribution in [-0.2, 0) is 6.42 Å². The molecule has 0 atom stereocenters. The summed E-state index contributed by atoms with van der Waals surface area (Å²) < 4.78 is 0. The zero-order chi connectivity index (χ0) is 15.2. The highest BCUT2D eigenvalue weighted by Gasteiger charge is 2.06. The second-order valence-corrected chi connectivity index (χ2v) is 5.21. The third kappa shape index (κ3) is 4.27. The standard InChI is InChI=1S/C16H19N3O2/c1-11(2)13-5-3-12(4-6-13)9-10-17-16(21)14-7-8-15(20)19-18-14/h3-8,11H,9-10H2,1-2H3,(H,17,21)(H,19,20). The molecule has 0 aliphatic rings. The van der Waals surface area contributed by atoms with Crippen LogP contribution in [0.4, 0.5) is 0 Å². The normalized spacial score (nSPS) is 10.6. The molecule has 0 unspecified atom stereocenters. The van der Waals surface area contributed by atoms with Crippen LogP contribution < -0.4 is 10.9 Å². The van der Waals surface area contributed by atoms with Crippen molar-refractivity contribution in [3.05, 3.63) is 63.6 Å². The van der Waals surface area contributed by atoms with Crippen molar-refractivity contribution in [3.8, 4) is 0 Å². The first kappa shape index (κ1) is 15.0. The Bertz CT molecular complexity index is 639. The second-order valence-electron chi connectivity index (χ2n) is 5.21. The number of nitrogens with one attached hydrogen (secondary N) is 2. The number of carbonyl (C=O) groups is 1. The molecule has 0 fully saturated rings. The first-order valence-electron chi connectivity index (χ1n) is 6.99. The van der Waals surface area contributed by atoms with Gasteiger partial charge in [0.15, 0.2) is 0 Å². The molecule has 5 nitrogen and oxygen atoms in total. The van der Waals surface area contributed by atoms with E-state index < -0.39 is 0 Å². The molecule has 5 heteroatoms. The third-order valence-electron chi connectivity index (χ3n) is 3.26. The van der Waals surface area contributed by atoms with E-state index in [0.717, 1.165) is 6.42 Å². The number of aromatic nitrogens is 2. The van der Waals surface area contributed by atoms with Gasteiger partial charge in [0.25, 0.3) is 11.5 Å². The van der Waals surface area contributed by atoms with Crippen molar-refractivity contribution in [2.24, 2.45) is 0 Å². The van der Waals surface area contributed by atoms with Crippen LogP contribution in [-0.4, -0.2) is 22.6 Å². The average molecular weight is 285 g/mol. The van der Waals surface area contributed by atoms with Crippen LogP contribution in [0.2, 0.25) is 0 Å². The third-order valence-corrected chi connectivity index (χ3v) is 3.26. The van der Waals surface area contributed by atoms with Crippen LogP contribution in [0.1, 0.15) is 41.4 Å². The molecule has 21 heavy (non-hydrogen) atoms. The van der Waals surface area contributed by atoms with Gasteiger partial charge >= 0.3 is 0 Å². The highest BCUT2D eigenvalue weighted by atomic mass is 16.2. The monoisotopic (exact) mass is 285 g/mol. The van der Waals surface area contributed by atoms with Crippen LogP contribution in [0.25, 0.3) is 0 Å². The summed E-state index contributed by atoms with van der Waals surface area (Å²) in [7, 11) is 0. The summed E-state index contributed by atoms with van der Waals surface area (Å²) in [5, 5.41) is 8.71. The van der Waals surface area contributed by atoms with Gasteiger partial charge in [-0.05, 0) is 29.5 Å². The van der Waals surface area contributed by atoms with E-state index in [1.807, 2.05) is 0 Å². The molecular formula is C16H19N3O2. The summed E-state index contributed by atoms with van der Waals surface area (Å²) in [4.78, 5) is 22.7. The summed E-state index contributed by atoms with van der Waals surface area (Å²) in [5.41, 5.74) is 2.37. The average Bonchev–Trinajstić information content (AvgIpc) is 2.48. The quantitative estimate of drug-likeness (QED) is 0.880. The maximum absolute atomic E-state index is 11.8. The molecule has 110 valence electrons. The van der Waals surface area contributed by atoms with Gasteiger partial charge in [0.2, 0.25) is 0 Å². The molecule has 2 aromatic rings. The Labute approximate surface area is 123 Å². The van der Waals surface area contributed by atoms with Crippen LogP contribution in [0, 0.1) is 0 Å². The van der Waals surface area contributed by atoms with Gasteiger partial charge in [-0.3, -0.25) is 9.59 Å². The van der Waals surface area contributed by atoms with Crippen molar-refractivity contribution >= 4 is 5.91 Å². The first-order chi connectivity index (χ1) is 10.1. The van der Waals surface area contributed by atoms with Crippen molar-refractivity contribution < 1.29 is 4.79 Å². The molecule has 1 aromatic heterocycles. The smallest absolute Gasteiger partial charge is 0.271 e. The second kappa shape index (κ2) is 6.83. The van der Waals surface area contributed by atoms with E-state index in [9.17, 15) is 9.59 Å². The zero-order valence-corrected chi connectivity index (χ0v) is 12.2. The van der Waals surface area contributed by atoms with Gasteiger partial charge < -0.3 is 5.32 Å². The summed E-state index contributed by atoms with van der Waals surface area (Å²) >= 11 is 0. The maximum Gasteiger partial charge on any atom is 0.271 e. The van der Waals surface area contributed by atoms with Gasteiger partial charge in [0.05, 0.1) is 0 Å². The van der Waals surface area contributed by atoms with Crippen molar-refractivity contribution in [1.29, 1.82) is 0 Å². The van der Waals surface area contributed by atoms with Crippen molar-refractivity contribution in [3.63, 3.8) is 0 Å². The molecule has 0 saturated heterocycles. The number of benzene rings is 1. The molecule has 0 spiro atoms. The van der Waals surface area contributed by atoms with E-state index in [-0.39, 0.29) is 17.2 Å². The topological polar surface area (TPSA) is 74.8 Å². The van der Waals surface area contributed by atoms with Gasteiger partial charge in [0, 0.05) is 12.6 Å². The number of amides is 1. The Morgan fingerprint density at radius 3 is 2.48 bits per heavy atom. The zero-order valence-electron chi connectivity index (χ0n) is 12.2. The number of hydrogen-bond donors (Lipinski definition) is 2.